The van der Waals surface area contributed by atoms with Gasteiger partial charge in [0.1, 0.15) is 17.1 Å². The van der Waals surface area contributed by atoms with E-state index in [9.17, 15) is 14.4 Å². The Bertz CT molecular complexity index is 1280. The molecule has 3 N–H and O–H groups in total. The molecule has 37 heavy (non-hydrogen) atoms. The molecule has 0 aliphatic rings. The highest BCUT2D eigenvalue weighted by Crippen LogP contribution is 2.21. The number of carbonyl (C=O) groups is 1. The molecular weight excluding hydrogens is 476 g/mol. The molecule has 2 aromatic heterocycles. The van der Waals surface area contributed by atoms with Crippen molar-refractivity contribution >= 4 is 17.1 Å². The molecule has 0 bridgehead atoms. The molecule has 0 aliphatic carbocycles. The van der Waals surface area contributed by atoms with Crippen molar-refractivity contribution in [1.82, 2.24) is 29.7 Å². The van der Waals surface area contributed by atoms with Gasteiger partial charge in [-0.15, -0.1) is 0 Å². The summed E-state index contributed by atoms with van der Waals surface area (Å²) in [6, 6.07) is 7.05. The Balaban J connectivity index is 1.60. The van der Waals surface area contributed by atoms with Gasteiger partial charge in [-0.25, -0.2) is 9.78 Å². The van der Waals surface area contributed by atoms with E-state index in [1.54, 1.807) is 28.8 Å². The Morgan fingerprint density at radius 1 is 1.05 bits per heavy atom. The van der Waals surface area contributed by atoms with E-state index in [1.165, 1.54) is 4.57 Å². The van der Waals surface area contributed by atoms with Crippen LogP contribution in [0.1, 0.15) is 47.0 Å². The quantitative estimate of drug-likeness (QED) is 0.209. The zero-order valence-corrected chi connectivity index (χ0v) is 22.1. The van der Waals surface area contributed by atoms with Gasteiger partial charge in [0.05, 0.1) is 12.8 Å². The number of ether oxygens (including phenoxy) is 2. The molecule has 1 aromatic carbocycles. The van der Waals surface area contributed by atoms with Crippen molar-refractivity contribution in [2.24, 2.45) is 0 Å². The molecule has 0 radical (unpaired) electrons. The molecule has 2 heterocycles. The van der Waals surface area contributed by atoms with E-state index >= 15 is 0 Å². The number of aryl methyl sites for hydroxylation is 1. The smallest absolute Gasteiger partial charge is 0.332 e. The summed E-state index contributed by atoms with van der Waals surface area (Å²) in [4.78, 5) is 45.5. The van der Waals surface area contributed by atoms with Gasteiger partial charge in [0.15, 0.2) is 12.3 Å². The first-order valence-electron chi connectivity index (χ1n) is 12.9. The van der Waals surface area contributed by atoms with Crippen molar-refractivity contribution in [1.29, 1.82) is 0 Å². The zero-order valence-electron chi connectivity index (χ0n) is 22.1. The number of imidazole rings is 1. The standard InChI is InChI=1S/C26H38N6O5/c1-5-14-31-24-22(25(34)32(15-6-2)26(31)35)29-23(30-24)19-8-10-20(11-9-19)36-16-21(33)28-13-12-27-17-37-18(4)7-3/h8-11,18,27H,5-7,12-17H2,1-4H3,(H,28,33)(H,29,30)/t18-/m1/s1. The molecule has 3 aromatic rings. The van der Waals surface area contributed by atoms with Gasteiger partial charge in [0.2, 0.25) is 0 Å². The van der Waals surface area contributed by atoms with Crippen molar-refractivity contribution in [2.45, 2.75) is 66.2 Å². The molecule has 0 unspecified atom stereocenters. The van der Waals surface area contributed by atoms with E-state index in [0.29, 0.717) is 62.1 Å². The number of rotatable bonds is 15. The Morgan fingerprint density at radius 2 is 1.76 bits per heavy atom. The van der Waals surface area contributed by atoms with E-state index in [4.69, 9.17) is 9.47 Å². The maximum atomic E-state index is 12.9. The average Bonchev–Trinajstić information content (AvgIpc) is 3.35. The zero-order chi connectivity index (χ0) is 26.8. The topological polar surface area (TPSA) is 132 Å². The second-order valence-corrected chi connectivity index (χ2v) is 8.87. The molecule has 11 heteroatoms. The SMILES string of the molecule is CCCn1c(=O)c2[nH]c(-c3ccc(OCC(=O)NCCNCO[C@H](C)CC)cc3)nc2n(CCC)c1=O. The Morgan fingerprint density at radius 3 is 2.43 bits per heavy atom. The monoisotopic (exact) mass is 514 g/mol. The van der Waals surface area contributed by atoms with E-state index in [0.717, 1.165) is 18.4 Å². The van der Waals surface area contributed by atoms with Gasteiger partial charge in [-0.2, -0.15) is 0 Å². The van der Waals surface area contributed by atoms with Gasteiger partial charge in [-0.3, -0.25) is 24.0 Å². The highest BCUT2D eigenvalue weighted by molar-refractivity contribution is 5.77. The molecule has 1 atom stereocenters. The van der Waals surface area contributed by atoms with Crippen LogP contribution in [0.5, 0.6) is 5.75 Å². The van der Waals surface area contributed by atoms with Crippen LogP contribution in [0.4, 0.5) is 0 Å². The van der Waals surface area contributed by atoms with Gasteiger partial charge in [-0.05, 0) is 50.5 Å². The summed E-state index contributed by atoms with van der Waals surface area (Å²) < 4.78 is 13.9. The summed E-state index contributed by atoms with van der Waals surface area (Å²) in [5.74, 6) is 0.797. The molecule has 1 amide bonds. The number of aromatic nitrogens is 4. The lowest BCUT2D eigenvalue weighted by Crippen LogP contribution is -2.40. The number of H-pyrrole nitrogens is 1. The van der Waals surface area contributed by atoms with Gasteiger partial charge in [0, 0.05) is 31.7 Å². The number of nitrogens with zero attached hydrogens (tertiary/aromatic N) is 3. The number of carbonyl (C=O) groups excluding carboxylic acids is 1. The maximum absolute atomic E-state index is 12.9. The van der Waals surface area contributed by atoms with Crippen molar-refractivity contribution in [3.05, 3.63) is 45.1 Å². The lowest BCUT2D eigenvalue weighted by atomic mass is 10.2. The summed E-state index contributed by atoms with van der Waals surface area (Å²) in [5, 5.41) is 5.90. The van der Waals surface area contributed by atoms with Gasteiger partial charge in [-0.1, -0.05) is 20.8 Å². The van der Waals surface area contributed by atoms with Gasteiger partial charge in [0.25, 0.3) is 11.5 Å². The Labute approximate surface area is 216 Å². The number of fused-ring (bicyclic) bond motifs is 1. The molecule has 0 spiro atoms. The second kappa shape index (κ2) is 13.8. The number of hydrogen-bond acceptors (Lipinski definition) is 7. The van der Waals surface area contributed by atoms with Crippen LogP contribution in [0.15, 0.2) is 33.9 Å². The normalized spacial score (nSPS) is 12.1. The van der Waals surface area contributed by atoms with Gasteiger partial charge >= 0.3 is 5.69 Å². The van der Waals surface area contributed by atoms with E-state index in [1.807, 2.05) is 20.8 Å². The molecule has 0 aliphatic heterocycles. The molecule has 11 nitrogen and oxygen atoms in total. The van der Waals surface area contributed by atoms with Crippen LogP contribution in [-0.2, 0) is 22.6 Å². The van der Waals surface area contributed by atoms with Crippen molar-refractivity contribution in [3.8, 4) is 17.1 Å². The predicted octanol–water partition coefficient (Wildman–Crippen LogP) is 2.23. The van der Waals surface area contributed by atoms with E-state index in [2.05, 4.69) is 27.5 Å². The first-order valence-corrected chi connectivity index (χ1v) is 12.9. The predicted molar refractivity (Wildman–Crippen MR) is 143 cm³/mol. The number of nitrogens with one attached hydrogen (secondary N) is 3. The van der Waals surface area contributed by atoms with Crippen molar-refractivity contribution in [2.75, 3.05) is 26.4 Å². The summed E-state index contributed by atoms with van der Waals surface area (Å²) in [6.07, 6.45) is 2.58. The number of hydrogen-bond donors (Lipinski definition) is 3. The fourth-order valence-corrected chi connectivity index (χ4v) is 3.74. The molecule has 3 rings (SSSR count). The number of benzene rings is 1. The second-order valence-electron chi connectivity index (χ2n) is 8.87. The Kier molecular flexibility index (Phi) is 10.5. The molecule has 0 fully saturated rings. The minimum atomic E-state index is -0.364. The lowest BCUT2D eigenvalue weighted by molar-refractivity contribution is -0.123. The van der Waals surface area contributed by atoms with Crippen LogP contribution in [0, 0.1) is 0 Å². The van der Waals surface area contributed by atoms with E-state index < -0.39 is 0 Å². The molecule has 0 saturated heterocycles. The summed E-state index contributed by atoms with van der Waals surface area (Å²) in [7, 11) is 0. The number of aromatic amines is 1. The first kappa shape index (κ1) is 28.1. The van der Waals surface area contributed by atoms with Gasteiger partial charge < -0.3 is 19.8 Å². The first-order chi connectivity index (χ1) is 17.9. The molecule has 202 valence electrons. The molecule has 0 saturated carbocycles. The minimum absolute atomic E-state index is 0.104. The van der Waals surface area contributed by atoms with Crippen LogP contribution < -0.4 is 26.6 Å². The third-order valence-corrected chi connectivity index (χ3v) is 5.92. The van der Waals surface area contributed by atoms with Crippen LogP contribution in [0.2, 0.25) is 0 Å². The largest absolute Gasteiger partial charge is 0.484 e. The molecular formula is C26H38N6O5. The van der Waals surface area contributed by atoms with Crippen LogP contribution >= 0.6 is 0 Å². The maximum Gasteiger partial charge on any atom is 0.332 e. The van der Waals surface area contributed by atoms with Crippen molar-refractivity contribution < 1.29 is 14.3 Å². The third-order valence-electron chi connectivity index (χ3n) is 5.92. The summed E-state index contributed by atoms with van der Waals surface area (Å²) >= 11 is 0. The van der Waals surface area contributed by atoms with Crippen molar-refractivity contribution in [3.63, 3.8) is 0 Å². The van der Waals surface area contributed by atoms with Crippen LogP contribution in [0.3, 0.4) is 0 Å². The lowest BCUT2D eigenvalue weighted by Gasteiger charge is -2.12. The van der Waals surface area contributed by atoms with Crippen LogP contribution in [0.25, 0.3) is 22.6 Å². The number of amides is 1. The van der Waals surface area contributed by atoms with E-state index in [-0.39, 0.29) is 29.9 Å². The highest BCUT2D eigenvalue weighted by atomic mass is 16.5. The Hall–Kier alpha value is -3.44. The fourth-order valence-electron chi connectivity index (χ4n) is 3.74. The average molecular weight is 515 g/mol. The summed E-state index contributed by atoms with van der Waals surface area (Å²) in [6.45, 7) is 10.2. The fraction of sp³-hybridized carbons (Fsp3) is 0.538. The minimum Gasteiger partial charge on any atom is -0.484 e. The van der Waals surface area contributed by atoms with Crippen LogP contribution in [-0.4, -0.2) is 57.5 Å². The summed E-state index contributed by atoms with van der Waals surface area (Å²) in [5.41, 5.74) is 0.704. The highest BCUT2D eigenvalue weighted by Gasteiger charge is 2.17. The third kappa shape index (κ3) is 7.30.